The van der Waals surface area contributed by atoms with E-state index >= 15 is 0 Å². The molecule has 0 saturated carbocycles. The van der Waals surface area contributed by atoms with Crippen LogP contribution in [0, 0.1) is 0 Å². The van der Waals surface area contributed by atoms with E-state index in [1.807, 2.05) is 19.0 Å². The smallest absolute Gasteiger partial charge is 0.358 e. The molecule has 2 heterocycles. The first kappa shape index (κ1) is 13.7. The Morgan fingerprint density at radius 3 is 2.79 bits per heavy atom. The Bertz CT molecular complexity index is 587. The largest absolute Gasteiger partial charge is 0.464 e. The summed E-state index contributed by atoms with van der Waals surface area (Å²) >= 11 is 2.74. The van der Waals surface area contributed by atoms with Crippen LogP contribution in [0.1, 0.15) is 10.5 Å². The van der Waals surface area contributed by atoms with E-state index in [1.165, 1.54) is 36.4 Å². The predicted molar refractivity (Wildman–Crippen MR) is 71.7 cm³/mol. The zero-order valence-corrected chi connectivity index (χ0v) is 12.2. The summed E-state index contributed by atoms with van der Waals surface area (Å²) in [4.78, 5) is 21.3. The Kier molecular flexibility index (Phi) is 4.27. The second-order valence-corrected chi connectivity index (χ2v) is 5.80. The van der Waals surface area contributed by atoms with Crippen molar-refractivity contribution in [1.29, 1.82) is 0 Å². The Labute approximate surface area is 118 Å². The van der Waals surface area contributed by atoms with Crippen molar-refractivity contribution in [2.24, 2.45) is 0 Å². The molecule has 0 bridgehead atoms. The quantitative estimate of drug-likeness (QED) is 0.782. The number of methoxy groups -OCH3 is 1. The molecule has 0 atom stereocenters. The number of anilines is 1. The molecule has 2 aromatic heterocycles. The van der Waals surface area contributed by atoms with Crippen molar-refractivity contribution in [3.63, 3.8) is 0 Å². The number of hydrogen-bond donors (Lipinski definition) is 0. The average Bonchev–Trinajstić information content (AvgIpc) is 2.87. The third-order valence-electron chi connectivity index (χ3n) is 1.98. The van der Waals surface area contributed by atoms with Gasteiger partial charge in [0.2, 0.25) is 5.13 Å². The molecule has 0 aliphatic heterocycles. The molecule has 0 aromatic carbocycles. The van der Waals surface area contributed by atoms with Crippen molar-refractivity contribution in [2.75, 3.05) is 26.1 Å². The summed E-state index contributed by atoms with van der Waals surface area (Å²) in [7, 11) is 5.09. The molecule has 9 heteroatoms. The fourth-order valence-corrected chi connectivity index (χ4v) is 2.78. The maximum Gasteiger partial charge on any atom is 0.358 e. The second-order valence-electron chi connectivity index (χ2n) is 3.58. The van der Waals surface area contributed by atoms with E-state index in [1.54, 1.807) is 6.20 Å². The Hall–Kier alpha value is -1.74. The molecule has 2 rings (SSSR count). The zero-order valence-electron chi connectivity index (χ0n) is 10.5. The first-order chi connectivity index (χ1) is 9.10. The summed E-state index contributed by atoms with van der Waals surface area (Å²) in [5.74, 6) is -0.513. The Morgan fingerprint density at radius 2 is 2.16 bits per heavy atom. The molecule has 2 aromatic rings. The SMILES string of the molecule is COC(=O)c1cncc(Sc2nnc(N(C)C)s2)n1. The minimum absolute atomic E-state index is 0.171. The fraction of sp³-hybridized carbons (Fsp3) is 0.300. The van der Waals surface area contributed by atoms with Crippen molar-refractivity contribution < 1.29 is 9.53 Å². The van der Waals surface area contributed by atoms with Gasteiger partial charge in [0, 0.05) is 14.1 Å². The van der Waals surface area contributed by atoms with Crippen molar-refractivity contribution in [2.45, 2.75) is 9.37 Å². The van der Waals surface area contributed by atoms with Gasteiger partial charge in [0.25, 0.3) is 0 Å². The van der Waals surface area contributed by atoms with Gasteiger partial charge in [0.15, 0.2) is 10.0 Å². The highest BCUT2D eigenvalue weighted by Crippen LogP contribution is 2.31. The third-order valence-corrected chi connectivity index (χ3v) is 4.02. The molecule has 0 aliphatic rings. The van der Waals surface area contributed by atoms with Crippen LogP contribution in [0.3, 0.4) is 0 Å². The molecule has 19 heavy (non-hydrogen) atoms. The maximum absolute atomic E-state index is 11.3. The van der Waals surface area contributed by atoms with Crippen LogP contribution < -0.4 is 4.90 Å². The minimum atomic E-state index is -0.513. The summed E-state index contributed by atoms with van der Waals surface area (Å²) in [6.45, 7) is 0. The van der Waals surface area contributed by atoms with Crippen LogP contribution in [-0.2, 0) is 4.74 Å². The van der Waals surface area contributed by atoms with Crippen molar-refractivity contribution >= 4 is 34.2 Å². The van der Waals surface area contributed by atoms with Gasteiger partial charge in [0.1, 0.15) is 5.03 Å². The van der Waals surface area contributed by atoms with Gasteiger partial charge in [-0.1, -0.05) is 11.3 Å². The van der Waals surface area contributed by atoms with E-state index in [0.717, 1.165) is 9.47 Å². The summed E-state index contributed by atoms with van der Waals surface area (Å²) in [5.41, 5.74) is 0.171. The fourth-order valence-electron chi connectivity index (χ4n) is 1.11. The zero-order chi connectivity index (χ0) is 13.8. The van der Waals surface area contributed by atoms with Gasteiger partial charge in [-0.3, -0.25) is 4.98 Å². The number of nitrogens with zero attached hydrogens (tertiary/aromatic N) is 5. The minimum Gasteiger partial charge on any atom is -0.464 e. The summed E-state index contributed by atoms with van der Waals surface area (Å²) in [6, 6.07) is 0. The maximum atomic E-state index is 11.3. The van der Waals surface area contributed by atoms with Crippen LogP contribution in [0.4, 0.5) is 5.13 Å². The Morgan fingerprint density at radius 1 is 1.37 bits per heavy atom. The third kappa shape index (κ3) is 3.38. The van der Waals surface area contributed by atoms with Crippen LogP contribution in [-0.4, -0.2) is 47.3 Å². The highest BCUT2D eigenvalue weighted by Gasteiger charge is 2.12. The number of carbonyl (C=O) groups is 1. The molecule has 0 unspecified atom stereocenters. The molecule has 0 aliphatic carbocycles. The lowest BCUT2D eigenvalue weighted by Crippen LogP contribution is -2.07. The lowest BCUT2D eigenvalue weighted by molar-refractivity contribution is 0.0592. The van der Waals surface area contributed by atoms with Gasteiger partial charge < -0.3 is 9.64 Å². The summed E-state index contributed by atoms with van der Waals surface area (Å²) < 4.78 is 5.33. The molecule has 0 spiro atoms. The van der Waals surface area contributed by atoms with Gasteiger partial charge in [-0.05, 0) is 11.8 Å². The number of esters is 1. The molecule has 0 saturated heterocycles. The van der Waals surface area contributed by atoms with E-state index in [-0.39, 0.29) is 5.69 Å². The van der Waals surface area contributed by atoms with Crippen molar-refractivity contribution in [1.82, 2.24) is 20.2 Å². The van der Waals surface area contributed by atoms with Crippen LogP contribution in [0.2, 0.25) is 0 Å². The number of carbonyl (C=O) groups excluding carboxylic acids is 1. The van der Waals surface area contributed by atoms with Gasteiger partial charge in [-0.2, -0.15) is 0 Å². The van der Waals surface area contributed by atoms with E-state index in [9.17, 15) is 4.79 Å². The molecule has 0 radical (unpaired) electrons. The number of aromatic nitrogens is 4. The predicted octanol–water partition coefficient (Wildman–Crippen LogP) is 1.33. The van der Waals surface area contributed by atoms with E-state index in [0.29, 0.717) is 5.03 Å². The normalized spacial score (nSPS) is 10.3. The summed E-state index contributed by atoms with van der Waals surface area (Å²) in [6.07, 6.45) is 2.93. The van der Waals surface area contributed by atoms with Crippen LogP contribution in [0.15, 0.2) is 21.8 Å². The van der Waals surface area contributed by atoms with Gasteiger partial charge in [0.05, 0.1) is 19.5 Å². The van der Waals surface area contributed by atoms with E-state index < -0.39 is 5.97 Å². The second kappa shape index (κ2) is 5.93. The lowest BCUT2D eigenvalue weighted by atomic mass is 10.5. The number of rotatable bonds is 4. The molecule has 100 valence electrons. The van der Waals surface area contributed by atoms with Gasteiger partial charge in [-0.25, -0.2) is 9.78 Å². The molecular formula is C10H11N5O2S2. The topological polar surface area (TPSA) is 81.1 Å². The van der Waals surface area contributed by atoms with Crippen molar-refractivity contribution in [3.8, 4) is 0 Å². The summed E-state index contributed by atoms with van der Waals surface area (Å²) in [5, 5.41) is 9.43. The number of hydrogen-bond acceptors (Lipinski definition) is 9. The molecule has 0 N–H and O–H groups in total. The standard InChI is InChI=1S/C10H11N5O2S2/c1-15(2)9-13-14-10(19-9)18-7-5-11-4-6(12-7)8(16)17-3/h4-5H,1-3H3. The highest BCUT2D eigenvalue weighted by atomic mass is 32.2. The lowest BCUT2D eigenvalue weighted by Gasteiger charge is -2.03. The van der Waals surface area contributed by atoms with Gasteiger partial charge >= 0.3 is 5.97 Å². The van der Waals surface area contributed by atoms with E-state index in [4.69, 9.17) is 0 Å². The molecule has 0 amide bonds. The van der Waals surface area contributed by atoms with E-state index in [2.05, 4.69) is 24.9 Å². The van der Waals surface area contributed by atoms with Crippen molar-refractivity contribution in [3.05, 3.63) is 18.1 Å². The number of ether oxygens (including phenoxy) is 1. The van der Waals surface area contributed by atoms with Gasteiger partial charge in [-0.15, -0.1) is 10.2 Å². The van der Waals surface area contributed by atoms with Crippen LogP contribution in [0.5, 0.6) is 0 Å². The molecular weight excluding hydrogens is 286 g/mol. The Balaban J connectivity index is 2.16. The first-order valence-corrected chi connectivity index (χ1v) is 6.82. The van der Waals surface area contributed by atoms with Crippen LogP contribution in [0.25, 0.3) is 0 Å². The molecule has 7 nitrogen and oxygen atoms in total. The first-order valence-electron chi connectivity index (χ1n) is 5.19. The van der Waals surface area contributed by atoms with Crippen LogP contribution >= 0.6 is 23.1 Å². The monoisotopic (exact) mass is 297 g/mol. The highest BCUT2D eigenvalue weighted by molar-refractivity contribution is 8.01. The molecule has 0 fully saturated rings. The average molecular weight is 297 g/mol.